The molecule has 0 saturated carbocycles. The van der Waals surface area contributed by atoms with Crippen molar-refractivity contribution >= 4 is 5.69 Å². The third-order valence-corrected chi connectivity index (χ3v) is 2.61. The van der Waals surface area contributed by atoms with Crippen LogP contribution in [0.2, 0.25) is 0 Å². The van der Waals surface area contributed by atoms with E-state index in [9.17, 15) is 4.39 Å². The van der Waals surface area contributed by atoms with Gasteiger partial charge in [-0.1, -0.05) is 13.3 Å². The average Bonchev–Trinajstić information content (AvgIpc) is 2.25. The highest BCUT2D eigenvalue weighted by Gasteiger charge is 2.04. The van der Waals surface area contributed by atoms with Crippen molar-refractivity contribution in [2.24, 2.45) is 0 Å². The predicted molar refractivity (Wildman–Crippen MR) is 67.3 cm³/mol. The Kier molecular flexibility index (Phi) is 5.26. The first kappa shape index (κ1) is 13.0. The lowest BCUT2D eigenvalue weighted by atomic mass is 10.1. The van der Waals surface area contributed by atoms with Crippen molar-refractivity contribution < 1.29 is 4.39 Å². The van der Waals surface area contributed by atoms with Gasteiger partial charge in [0.2, 0.25) is 0 Å². The summed E-state index contributed by atoms with van der Waals surface area (Å²) in [4.78, 5) is 2.10. The minimum absolute atomic E-state index is 0.161. The second kappa shape index (κ2) is 6.48. The summed E-state index contributed by atoms with van der Waals surface area (Å²) in [5.74, 6) is -0.161. The highest BCUT2D eigenvalue weighted by Crippen LogP contribution is 2.18. The first-order valence-corrected chi connectivity index (χ1v) is 5.82. The molecule has 1 aromatic carbocycles. The molecule has 0 aliphatic rings. The molecule has 0 spiro atoms. The predicted octanol–water partition coefficient (Wildman–Crippen LogP) is 2.78. The molecule has 0 fully saturated rings. The Labute approximate surface area is 97.5 Å². The van der Waals surface area contributed by atoms with Gasteiger partial charge in [0.15, 0.2) is 0 Å². The van der Waals surface area contributed by atoms with Crippen molar-refractivity contribution in [3.63, 3.8) is 0 Å². The Bertz CT molecular complexity index is 326. The summed E-state index contributed by atoms with van der Waals surface area (Å²) in [5, 5.41) is 3.04. The molecule has 1 rings (SSSR count). The summed E-state index contributed by atoms with van der Waals surface area (Å²) in [7, 11) is 3.87. The van der Waals surface area contributed by atoms with E-state index in [2.05, 4.69) is 17.1 Å². The molecule has 3 heteroatoms. The quantitative estimate of drug-likeness (QED) is 0.799. The molecular formula is C13H21FN2. The van der Waals surface area contributed by atoms with Crippen molar-refractivity contribution in [3.8, 4) is 0 Å². The van der Waals surface area contributed by atoms with Crippen molar-refractivity contribution in [3.05, 3.63) is 29.6 Å². The van der Waals surface area contributed by atoms with E-state index >= 15 is 0 Å². The van der Waals surface area contributed by atoms with Crippen LogP contribution in [0.5, 0.6) is 0 Å². The first-order valence-electron chi connectivity index (χ1n) is 5.82. The third kappa shape index (κ3) is 3.81. The van der Waals surface area contributed by atoms with Gasteiger partial charge < -0.3 is 10.2 Å². The zero-order valence-electron chi connectivity index (χ0n) is 10.4. The number of nitrogens with zero attached hydrogens (tertiary/aromatic N) is 1. The third-order valence-electron chi connectivity index (χ3n) is 2.61. The van der Waals surface area contributed by atoms with Crippen LogP contribution in [0.15, 0.2) is 18.2 Å². The Morgan fingerprint density at radius 1 is 1.31 bits per heavy atom. The van der Waals surface area contributed by atoms with E-state index in [0.717, 1.165) is 30.6 Å². The number of nitrogens with one attached hydrogen (secondary N) is 1. The topological polar surface area (TPSA) is 15.3 Å². The van der Waals surface area contributed by atoms with E-state index in [-0.39, 0.29) is 5.82 Å². The van der Waals surface area contributed by atoms with Gasteiger partial charge in [-0.3, -0.25) is 0 Å². The standard InChI is InChI=1S/C13H21FN2/c1-4-5-6-16(3)13-8-11(10-15-2)7-12(14)9-13/h7-9,15H,4-6,10H2,1-3H3. The van der Waals surface area contributed by atoms with Crippen LogP contribution in [-0.4, -0.2) is 20.6 Å². The maximum absolute atomic E-state index is 13.4. The van der Waals surface area contributed by atoms with Gasteiger partial charge in [-0.05, 0) is 37.2 Å². The van der Waals surface area contributed by atoms with Crippen LogP contribution in [0, 0.1) is 5.82 Å². The second-order valence-corrected chi connectivity index (χ2v) is 4.12. The average molecular weight is 224 g/mol. The summed E-state index contributed by atoms with van der Waals surface area (Å²) < 4.78 is 13.4. The van der Waals surface area contributed by atoms with Gasteiger partial charge in [0, 0.05) is 25.8 Å². The molecule has 0 atom stereocenters. The minimum Gasteiger partial charge on any atom is -0.375 e. The van der Waals surface area contributed by atoms with Gasteiger partial charge in [-0.2, -0.15) is 0 Å². The Morgan fingerprint density at radius 2 is 2.06 bits per heavy atom. The number of rotatable bonds is 6. The normalized spacial score (nSPS) is 10.5. The molecule has 0 bridgehead atoms. The molecule has 16 heavy (non-hydrogen) atoms. The van der Waals surface area contributed by atoms with Crippen molar-refractivity contribution in [2.75, 3.05) is 25.5 Å². The number of halogens is 1. The molecule has 90 valence electrons. The minimum atomic E-state index is -0.161. The Balaban J connectivity index is 2.78. The molecule has 0 radical (unpaired) electrons. The fourth-order valence-corrected chi connectivity index (χ4v) is 1.68. The SMILES string of the molecule is CCCCN(C)c1cc(F)cc(CNC)c1. The van der Waals surface area contributed by atoms with E-state index < -0.39 is 0 Å². The number of hydrogen-bond acceptors (Lipinski definition) is 2. The molecule has 2 nitrogen and oxygen atoms in total. The van der Waals surface area contributed by atoms with Crippen LogP contribution in [-0.2, 0) is 6.54 Å². The highest BCUT2D eigenvalue weighted by atomic mass is 19.1. The van der Waals surface area contributed by atoms with E-state index in [4.69, 9.17) is 0 Å². The molecule has 0 aliphatic carbocycles. The lowest BCUT2D eigenvalue weighted by Gasteiger charge is -2.20. The summed E-state index contributed by atoms with van der Waals surface area (Å²) >= 11 is 0. The van der Waals surface area contributed by atoms with E-state index in [1.807, 2.05) is 20.2 Å². The lowest BCUT2D eigenvalue weighted by molar-refractivity contribution is 0.622. The zero-order chi connectivity index (χ0) is 12.0. The summed E-state index contributed by atoms with van der Waals surface area (Å²) in [5.41, 5.74) is 1.94. The molecule has 1 aromatic rings. The van der Waals surface area contributed by atoms with Gasteiger partial charge in [-0.15, -0.1) is 0 Å². The molecule has 0 unspecified atom stereocenters. The largest absolute Gasteiger partial charge is 0.375 e. The molecule has 1 N–H and O–H groups in total. The van der Waals surface area contributed by atoms with Crippen LogP contribution >= 0.6 is 0 Å². The van der Waals surface area contributed by atoms with Gasteiger partial charge in [-0.25, -0.2) is 4.39 Å². The fraction of sp³-hybridized carbons (Fsp3) is 0.538. The highest BCUT2D eigenvalue weighted by molar-refractivity contribution is 5.48. The van der Waals surface area contributed by atoms with Crippen LogP contribution < -0.4 is 10.2 Å². The smallest absolute Gasteiger partial charge is 0.125 e. The monoisotopic (exact) mass is 224 g/mol. The number of hydrogen-bond donors (Lipinski definition) is 1. The first-order chi connectivity index (χ1) is 7.67. The molecule has 0 heterocycles. The van der Waals surface area contributed by atoms with Gasteiger partial charge in [0.25, 0.3) is 0 Å². The Morgan fingerprint density at radius 3 is 2.69 bits per heavy atom. The van der Waals surface area contributed by atoms with Gasteiger partial charge >= 0.3 is 0 Å². The van der Waals surface area contributed by atoms with Crippen LogP contribution in [0.3, 0.4) is 0 Å². The van der Waals surface area contributed by atoms with Gasteiger partial charge in [0.05, 0.1) is 0 Å². The summed E-state index contributed by atoms with van der Waals surface area (Å²) in [6.45, 7) is 3.83. The van der Waals surface area contributed by atoms with E-state index in [1.54, 1.807) is 12.1 Å². The zero-order valence-corrected chi connectivity index (χ0v) is 10.4. The molecule has 0 amide bonds. The molecule has 0 saturated heterocycles. The molecule has 0 aliphatic heterocycles. The van der Waals surface area contributed by atoms with Crippen LogP contribution in [0.25, 0.3) is 0 Å². The Hall–Kier alpha value is -1.09. The molecule has 0 aromatic heterocycles. The maximum atomic E-state index is 13.4. The molecular weight excluding hydrogens is 203 g/mol. The maximum Gasteiger partial charge on any atom is 0.125 e. The van der Waals surface area contributed by atoms with E-state index in [0.29, 0.717) is 6.54 Å². The second-order valence-electron chi connectivity index (χ2n) is 4.12. The summed E-state index contributed by atoms with van der Waals surface area (Å²) in [6, 6.07) is 5.21. The number of benzene rings is 1. The summed E-state index contributed by atoms with van der Waals surface area (Å²) in [6.07, 6.45) is 2.29. The van der Waals surface area contributed by atoms with Crippen molar-refractivity contribution in [1.29, 1.82) is 0 Å². The van der Waals surface area contributed by atoms with Gasteiger partial charge in [0.1, 0.15) is 5.82 Å². The van der Waals surface area contributed by atoms with Crippen molar-refractivity contribution in [1.82, 2.24) is 5.32 Å². The number of anilines is 1. The van der Waals surface area contributed by atoms with Crippen molar-refractivity contribution in [2.45, 2.75) is 26.3 Å². The van der Waals surface area contributed by atoms with Crippen LogP contribution in [0.4, 0.5) is 10.1 Å². The van der Waals surface area contributed by atoms with Crippen LogP contribution in [0.1, 0.15) is 25.3 Å². The van der Waals surface area contributed by atoms with E-state index in [1.165, 1.54) is 0 Å². The number of unbranched alkanes of at least 4 members (excludes halogenated alkanes) is 1. The fourth-order valence-electron chi connectivity index (χ4n) is 1.68. The lowest BCUT2D eigenvalue weighted by Crippen LogP contribution is -2.19.